The monoisotopic (exact) mass is 288 g/mol. The van der Waals surface area contributed by atoms with Crippen LogP contribution in [0.2, 0.25) is 0 Å². The van der Waals surface area contributed by atoms with Crippen LogP contribution >= 0.6 is 0 Å². The van der Waals surface area contributed by atoms with Crippen LogP contribution in [0.5, 0.6) is 0 Å². The van der Waals surface area contributed by atoms with E-state index >= 15 is 0 Å². The van der Waals surface area contributed by atoms with Gasteiger partial charge in [-0.3, -0.25) is 4.90 Å². The first-order valence-electron chi connectivity index (χ1n) is 8.64. The Kier molecular flexibility index (Phi) is 6.25. The molecule has 0 aromatic heterocycles. The van der Waals surface area contributed by atoms with Crippen molar-refractivity contribution >= 4 is 0 Å². The van der Waals surface area contributed by atoms with Gasteiger partial charge in [0, 0.05) is 18.6 Å². The van der Waals surface area contributed by atoms with E-state index in [1.54, 1.807) is 0 Å². The molecule has 2 unspecified atom stereocenters. The van der Waals surface area contributed by atoms with Gasteiger partial charge in [0.1, 0.15) is 0 Å². The molecule has 2 atom stereocenters. The Hall–Kier alpha value is -0.860. The number of nitrogens with zero attached hydrogens (tertiary/aromatic N) is 1. The fourth-order valence-electron chi connectivity index (χ4n) is 3.68. The van der Waals surface area contributed by atoms with Crippen LogP contribution in [0, 0.1) is 13.8 Å². The van der Waals surface area contributed by atoms with Gasteiger partial charge in [-0.05, 0) is 57.8 Å². The molecule has 1 heterocycles. The molecule has 1 aliphatic heterocycles. The molecule has 1 saturated heterocycles. The van der Waals surface area contributed by atoms with Crippen molar-refractivity contribution in [3.8, 4) is 0 Å². The predicted molar refractivity (Wildman–Crippen MR) is 91.8 cm³/mol. The normalized spacial score (nSPS) is 21.4. The Balaban J connectivity index is 2.11. The minimum Gasteiger partial charge on any atom is -0.312 e. The number of aryl methyl sites for hydroxylation is 2. The molecule has 0 spiro atoms. The van der Waals surface area contributed by atoms with E-state index in [2.05, 4.69) is 56.2 Å². The summed E-state index contributed by atoms with van der Waals surface area (Å²) in [6.07, 6.45) is 6.81. The molecule has 118 valence electrons. The minimum absolute atomic E-state index is 0.447. The highest BCUT2D eigenvalue weighted by atomic mass is 15.2. The highest BCUT2D eigenvalue weighted by molar-refractivity contribution is 5.33. The summed E-state index contributed by atoms with van der Waals surface area (Å²) in [6.45, 7) is 9.15. The Labute approximate surface area is 130 Å². The lowest BCUT2D eigenvalue weighted by Crippen LogP contribution is -2.44. The summed E-state index contributed by atoms with van der Waals surface area (Å²) < 4.78 is 0. The number of likely N-dealkylation sites (N-methyl/N-ethyl adjacent to an activating group) is 1. The molecule has 1 fully saturated rings. The summed E-state index contributed by atoms with van der Waals surface area (Å²) in [5.41, 5.74) is 4.24. The standard InChI is InChI=1S/C19H32N2/c1-5-8-17-9-6-7-12-21(17)14-19(20-4)18-13-15(2)10-11-16(18)3/h10-11,13,17,19-20H,5-9,12,14H2,1-4H3. The molecule has 0 aliphatic carbocycles. The van der Waals surface area contributed by atoms with E-state index in [4.69, 9.17) is 0 Å². The first-order chi connectivity index (χ1) is 10.2. The van der Waals surface area contributed by atoms with E-state index in [1.165, 1.54) is 55.3 Å². The van der Waals surface area contributed by atoms with Crippen LogP contribution < -0.4 is 5.32 Å². The lowest BCUT2D eigenvalue weighted by Gasteiger charge is -2.38. The maximum Gasteiger partial charge on any atom is 0.0449 e. The molecule has 0 saturated carbocycles. The first-order valence-corrected chi connectivity index (χ1v) is 8.64. The van der Waals surface area contributed by atoms with Crippen LogP contribution in [0.1, 0.15) is 61.8 Å². The van der Waals surface area contributed by atoms with Gasteiger partial charge in [0.15, 0.2) is 0 Å². The van der Waals surface area contributed by atoms with Crippen molar-refractivity contribution in [1.82, 2.24) is 10.2 Å². The van der Waals surface area contributed by atoms with E-state index in [0.717, 1.165) is 12.6 Å². The van der Waals surface area contributed by atoms with E-state index in [9.17, 15) is 0 Å². The summed E-state index contributed by atoms with van der Waals surface area (Å²) in [5.74, 6) is 0. The number of benzene rings is 1. The fraction of sp³-hybridized carbons (Fsp3) is 0.684. The molecule has 0 bridgehead atoms. The van der Waals surface area contributed by atoms with E-state index in [-0.39, 0.29) is 0 Å². The van der Waals surface area contributed by atoms with Gasteiger partial charge in [0.25, 0.3) is 0 Å². The molecule has 1 aromatic carbocycles. The molecule has 21 heavy (non-hydrogen) atoms. The van der Waals surface area contributed by atoms with Gasteiger partial charge in [-0.2, -0.15) is 0 Å². The maximum absolute atomic E-state index is 3.55. The number of likely N-dealkylation sites (tertiary alicyclic amines) is 1. The number of rotatable bonds is 6. The van der Waals surface area contributed by atoms with Crippen LogP contribution in [0.15, 0.2) is 18.2 Å². The highest BCUT2D eigenvalue weighted by Gasteiger charge is 2.24. The zero-order chi connectivity index (χ0) is 15.2. The minimum atomic E-state index is 0.447. The zero-order valence-corrected chi connectivity index (χ0v) is 14.3. The Morgan fingerprint density at radius 2 is 2.10 bits per heavy atom. The summed E-state index contributed by atoms with van der Waals surface area (Å²) in [7, 11) is 2.10. The van der Waals surface area contributed by atoms with Crippen molar-refractivity contribution in [3.05, 3.63) is 34.9 Å². The van der Waals surface area contributed by atoms with Crippen molar-refractivity contribution in [2.75, 3.05) is 20.1 Å². The van der Waals surface area contributed by atoms with Crippen molar-refractivity contribution in [2.45, 2.75) is 65.0 Å². The average Bonchev–Trinajstić information content (AvgIpc) is 2.49. The third kappa shape index (κ3) is 4.31. The molecule has 2 heteroatoms. The second-order valence-corrected chi connectivity index (χ2v) is 6.63. The molecule has 0 amide bonds. The van der Waals surface area contributed by atoms with Gasteiger partial charge in [-0.25, -0.2) is 0 Å². The Morgan fingerprint density at radius 1 is 1.29 bits per heavy atom. The molecule has 0 radical (unpaired) electrons. The topological polar surface area (TPSA) is 15.3 Å². The number of hydrogen-bond acceptors (Lipinski definition) is 2. The Morgan fingerprint density at radius 3 is 2.81 bits per heavy atom. The average molecular weight is 288 g/mol. The van der Waals surface area contributed by atoms with Crippen LogP contribution in [0.4, 0.5) is 0 Å². The van der Waals surface area contributed by atoms with Gasteiger partial charge in [-0.15, -0.1) is 0 Å². The number of nitrogens with one attached hydrogen (secondary N) is 1. The third-order valence-electron chi connectivity index (χ3n) is 4.95. The molecule has 2 rings (SSSR count). The SMILES string of the molecule is CCCC1CCCCN1CC(NC)c1cc(C)ccc1C. The maximum atomic E-state index is 3.55. The van der Waals surface area contributed by atoms with Gasteiger partial charge in [0.2, 0.25) is 0 Å². The van der Waals surface area contributed by atoms with Crippen LogP contribution in [0.3, 0.4) is 0 Å². The van der Waals surface area contributed by atoms with Crippen LogP contribution in [-0.4, -0.2) is 31.1 Å². The molecule has 1 N–H and O–H groups in total. The molecular weight excluding hydrogens is 256 g/mol. The van der Waals surface area contributed by atoms with Crippen LogP contribution in [-0.2, 0) is 0 Å². The number of piperidine rings is 1. The molecule has 2 nitrogen and oxygen atoms in total. The van der Waals surface area contributed by atoms with Crippen molar-refractivity contribution in [3.63, 3.8) is 0 Å². The second kappa shape index (κ2) is 7.95. The summed E-state index contributed by atoms with van der Waals surface area (Å²) in [6, 6.07) is 8.07. The second-order valence-electron chi connectivity index (χ2n) is 6.63. The van der Waals surface area contributed by atoms with Gasteiger partial charge >= 0.3 is 0 Å². The smallest absolute Gasteiger partial charge is 0.0449 e. The first kappa shape index (κ1) is 16.5. The predicted octanol–water partition coefficient (Wildman–Crippen LogP) is 4.22. The van der Waals surface area contributed by atoms with Gasteiger partial charge < -0.3 is 5.32 Å². The highest BCUT2D eigenvalue weighted by Crippen LogP contribution is 2.26. The molecular formula is C19H32N2. The largest absolute Gasteiger partial charge is 0.312 e. The van der Waals surface area contributed by atoms with Crippen molar-refractivity contribution in [1.29, 1.82) is 0 Å². The van der Waals surface area contributed by atoms with Crippen molar-refractivity contribution in [2.24, 2.45) is 0 Å². The van der Waals surface area contributed by atoms with Gasteiger partial charge in [0.05, 0.1) is 0 Å². The van der Waals surface area contributed by atoms with E-state index in [1.807, 2.05) is 0 Å². The quantitative estimate of drug-likeness (QED) is 0.843. The lowest BCUT2D eigenvalue weighted by molar-refractivity contribution is 0.126. The lowest BCUT2D eigenvalue weighted by atomic mass is 9.94. The fourth-order valence-corrected chi connectivity index (χ4v) is 3.68. The summed E-state index contributed by atoms with van der Waals surface area (Å²) in [5, 5.41) is 3.55. The third-order valence-corrected chi connectivity index (χ3v) is 4.95. The van der Waals surface area contributed by atoms with E-state index in [0.29, 0.717) is 6.04 Å². The summed E-state index contributed by atoms with van der Waals surface area (Å²) in [4.78, 5) is 2.73. The molecule has 1 aliphatic rings. The van der Waals surface area contributed by atoms with Crippen molar-refractivity contribution < 1.29 is 0 Å². The molecule has 1 aromatic rings. The van der Waals surface area contributed by atoms with E-state index < -0.39 is 0 Å². The Bertz CT molecular complexity index is 439. The summed E-state index contributed by atoms with van der Waals surface area (Å²) >= 11 is 0. The zero-order valence-electron chi connectivity index (χ0n) is 14.3. The van der Waals surface area contributed by atoms with Crippen LogP contribution in [0.25, 0.3) is 0 Å². The number of hydrogen-bond donors (Lipinski definition) is 1. The van der Waals surface area contributed by atoms with Gasteiger partial charge in [-0.1, -0.05) is 43.5 Å².